The number of hydrogen-bond donors (Lipinski definition) is 1. The monoisotopic (exact) mass is 334 g/mol. The fourth-order valence-electron chi connectivity index (χ4n) is 2.05. The van der Waals surface area contributed by atoms with Gasteiger partial charge in [0.25, 0.3) is 0 Å². The summed E-state index contributed by atoms with van der Waals surface area (Å²) in [5, 5.41) is 4.97. The first-order valence-corrected chi connectivity index (χ1v) is 7.33. The molecule has 0 unspecified atom stereocenters. The third-order valence-corrected chi connectivity index (χ3v) is 3.63. The SMILES string of the molecule is COc1cc(/C(C)=N/Nc2ccccc2Cl)cc(OC)c1OC. The van der Waals surface area contributed by atoms with E-state index in [1.165, 1.54) is 0 Å². The van der Waals surface area contributed by atoms with Gasteiger partial charge in [0.15, 0.2) is 11.5 Å². The van der Waals surface area contributed by atoms with E-state index in [0.717, 1.165) is 17.0 Å². The Hall–Kier alpha value is -2.40. The van der Waals surface area contributed by atoms with Crippen LogP contribution in [0.15, 0.2) is 41.5 Å². The summed E-state index contributed by atoms with van der Waals surface area (Å²) in [6, 6.07) is 11.1. The van der Waals surface area contributed by atoms with Gasteiger partial charge in [-0.3, -0.25) is 5.43 Å². The number of anilines is 1. The maximum absolute atomic E-state index is 6.10. The summed E-state index contributed by atoms with van der Waals surface area (Å²) in [4.78, 5) is 0. The zero-order chi connectivity index (χ0) is 16.8. The molecule has 0 fully saturated rings. The average molecular weight is 335 g/mol. The summed E-state index contributed by atoms with van der Waals surface area (Å²) < 4.78 is 16.0. The minimum absolute atomic E-state index is 0.547. The molecule has 0 aromatic heterocycles. The molecule has 0 aliphatic heterocycles. The molecular weight excluding hydrogens is 316 g/mol. The number of nitrogens with zero attached hydrogens (tertiary/aromatic N) is 1. The molecule has 0 aliphatic carbocycles. The van der Waals surface area contributed by atoms with Crippen LogP contribution < -0.4 is 19.6 Å². The van der Waals surface area contributed by atoms with E-state index in [2.05, 4.69) is 10.5 Å². The van der Waals surface area contributed by atoms with Crippen LogP contribution in [0.3, 0.4) is 0 Å². The van der Waals surface area contributed by atoms with Crippen molar-refractivity contribution in [3.63, 3.8) is 0 Å². The van der Waals surface area contributed by atoms with Crippen LogP contribution >= 0.6 is 11.6 Å². The number of halogens is 1. The molecule has 0 saturated heterocycles. The molecular formula is C17H19ClN2O3. The summed E-state index contributed by atoms with van der Waals surface area (Å²) in [6.45, 7) is 1.88. The van der Waals surface area contributed by atoms with E-state index in [1.54, 1.807) is 27.4 Å². The van der Waals surface area contributed by atoms with Crippen molar-refractivity contribution in [1.82, 2.24) is 0 Å². The Balaban J connectivity index is 2.33. The second-order valence-corrected chi connectivity index (χ2v) is 5.11. The number of nitrogens with one attached hydrogen (secondary N) is 1. The Morgan fingerprint density at radius 2 is 1.61 bits per heavy atom. The minimum Gasteiger partial charge on any atom is -0.493 e. The number of hydrazone groups is 1. The van der Waals surface area contributed by atoms with Crippen molar-refractivity contribution >= 4 is 23.0 Å². The number of methoxy groups -OCH3 is 3. The van der Waals surface area contributed by atoms with Crippen molar-refractivity contribution in [3.8, 4) is 17.2 Å². The van der Waals surface area contributed by atoms with Gasteiger partial charge in [0.1, 0.15) is 0 Å². The zero-order valence-corrected chi connectivity index (χ0v) is 14.3. The number of hydrogen-bond acceptors (Lipinski definition) is 5. The Labute approximate surface area is 140 Å². The first-order chi connectivity index (χ1) is 11.1. The molecule has 122 valence electrons. The molecule has 0 spiro atoms. The van der Waals surface area contributed by atoms with Crippen LogP contribution in [0.25, 0.3) is 0 Å². The summed E-state index contributed by atoms with van der Waals surface area (Å²) in [6.07, 6.45) is 0. The molecule has 1 N–H and O–H groups in total. The van der Waals surface area contributed by atoms with Crippen molar-refractivity contribution in [2.24, 2.45) is 5.10 Å². The summed E-state index contributed by atoms with van der Waals surface area (Å²) in [7, 11) is 4.73. The normalized spacial score (nSPS) is 11.1. The van der Waals surface area contributed by atoms with E-state index in [4.69, 9.17) is 25.8 Å². The fraction of sp³-hybridized carbons (Fsp3) is 0.235. The lowest BCUT2D eigenvalue weighted by atomic mass is 10.1. The molecule has 23 heavy (non-hydrogen) atoms. The Bertz CT molecular complexity index is 692. The number of ether oxygens (including phenoxy) is 3. The second kappa shape index (κ2) is 7.74. The van der Waals surface area contributed by atoms with Gasteiger partial charge < -0.3 is 14.2 Å². The standard InChI is InChI=1S/C17H19ClN2O3/c1-11(19-20-14-8-6-5-7-13(14)18)12-9-15(21-2)17(23-4)16(10-12)22-3/h5-10,20H,1-4H3/b19-11+. The average Bonchev–Trinajstić information content (AvgIpc) is 2.59. The van der Waals surface area contributed by atoms with Gasteiger partial charge in [-0.1, -0.05) is 23.7 Å². The maximum Gasteiger partial charge on any atom is 0.203 e. The molecule has 0 bridgehead atoms. The molecule has 2 rings (SSSR count). The molecule has 0 saturated carbocycles. The molecule has 0 heterocycles. The van der Waals surface area contributed by atoms with Crippen LogP contribution in [0.2, 0.25) is 5.02 Å². The minimum atomic E-state index is 0.547. The van der Waals surface area contributed by atoms with Gasteiger partial charge in [-0.2, -0.15) is 5.10 Å². The molecule has 0 radical (unpaired) electrons. The van der Waals surface area contributed by atoms with Crippen molar-refractivity contribution in [3.05, 3.63) is 47.0 Å². The molecule has 0 aliphatic rings. The van der Waals surface area contributed by atoms with Crippen LogP contribution in [-0.4, -0.2) is 27.0 Å². The smallest absolute Gasteiger partial charge is 0.203 e. The van der Waals surface area contributed by atoms with Gasteiger partial charge in [0.2, 0.25) is 5.75 Å². The predicted molar refractivity (Wildman–Crippen MR) is 93.4 cm³/mol. The highest BCUT2D eigenvalue weighted by Gasteiger charge is 2.14. The molecule has 2 aromatic rings. The topological polar surface area (TPSA) is 52.1 Å². The van der Waals surface area contributed by atoms with Crippen molar-refractivity contribution < 1.29 is 14.2 Å². The van der Waals surface area contributed by atoms with Gasteiger partial charge in [0, 0.05) is 5.56 Å². The quantitative estimate of drug-likeness (QED) is 0.635. The van der Waals surface area contributed by atoms with Gasteiger partial charge in [-0.25, -0.2) is 0 Å². The number of benzene rings is 2. The Kier molecular flexibility index (Phi) is 5.71. The van der Waals surface area contributed by atoms with Crippen LogP contribution in [0.5, 0.6) is 17.2 Å². The highest BCUT2D eigenvalue weighted by Crippen LogP contribution is 2.38. The first-order valence-electron chi connectivity index (χ1n) is 6.96. The molecule has 0 amide bonds. The summed E-state index contributed by atoms with van der Waals surface area (Å²) >= 11 is 6.10. The van der Waals surface area contributed by atoms with Crippen LogP contribution in [0.1, 0.15) is 12.5 Å². The highest BCUT2D eigenvalue weighted by atomic mass is 35.5. The third-order valence-electron chi connectivity index (χ3n) is 3.30. The zero-order valence-electron chi connectivity index (χ0n) is 13.5. The highest BCUT2D eigenvalue weighted by molar-refractivity contribution is 6.33. The van der Waals surface area contributed by atoms with Gasteiger partial charge in [-0.15, -0.1) is 0 Å². The van der Waals surface area contributed by atoms with Crippen LogP contribution in [-0.2, 0) is 0 Å². The Morgan fingerprint density at radius 3 is 2.13 bits per heavy atom. The number of rotatable bonds is 6. The largest absolute Gasteiger partial charge is 0.493 e. The first kappa shape index (κ1) is 17.0. The van der Waals surface area contributed by atoms with Gasteiger partial charge in [0.05, 0.1) is 37.8 Å². The molecule has 6 heteroatoms. The van der Waals surface area contributed by atoms with Gasteiger partial charge >= 0.3 is 0 Å². The maximum atomic E-state index is 6.10. The van der Waals surface area contributed by atoms with E-state index >= 15 is 0 Å². The third kappa shape index (κ3) is 3.87. The number of para-hydroxylation sites is 1. The van der Waals surface area contributed by atoms with Crippen LogP contribution in [0.4, 0.5) is 5.69 Å². The van der Waals surface area contributed by atoms with E-state index < -0.39 is 0 Å². The molecule has 0 atom stereocenters. The van der Waals surface area contributed by atoms with Crippen molar-refractivity contribution in [1.29, 1.82) is 0 Å². The second-order valence-electron chi connectivity index (χ2n) is 4.70. The lowest BCUT2D eigenvalue weighted by Crippen LogP contribution is -2.03. The van der Waals surface area contributed by atoms with Crippen molar-refractivity contribution in [2.75, 3.05) is 26.8 Å². The molecule has 2 aromatic carbocycles. The van der Waals surface area contributed by atoms with Gasteiger partial charge in [-0.05, 0) is 31.2 Å². The van der Waals surface area contributed by atoms with E-state index in [1.807, 2.05) is 37.3 Å². The van der Waals surface area contributed by atoms with E-state index in [9.17, 15) is 0 Å². The Morgan fingerprint density at radius 1 is 1.00 bits per heavy atom. The fourth-order valence-corrected chi connectivity index (χ4v) is 2.23. The van der Waals surface area contributed by atoms with Crippen LogP contribution in [0, 0.1) is 0 Å². The lowest BCUT2D eigenvalue weighted by molar-refractivity contribution is 0.324. The summed E-state index contributed by atoms with van der Waals surface area (Å²) in [5.41, 5.74) is 5.30. The van der Waals surface area contributed by atoms with E-state index in [-0.39, 0.29) is 0 Å². The summed E-state index contributed by atoms with van der Waals surface area (Å²) in [5.74, 6) is 1.70. The lowest BCUT2D eigenvalue weighted by Gasteiger charge is -2.14. The van der Waals surface area contributed by atoms with Crippen molar-refractivity contribution in [2.45, 2.75) is 6.92 Å². The molecule has 5 nitrogen and oxygen atoms in total. The predicted octanol–water partition coefficient (Wildman–Crippen LogP) is 4.20. The van der Waals surface area contributed by atoms with E-state index in [0.29, 0.717) is 22.3 Å².